The van der Waals surface area contributed by atoms with Crippen LogP contribution in [0.25, 0.3) is 0 Å². The zero-order valence-corrected chi connectivity index (χ0v) is 20.4. The van der Waals surface area contributed by atoms with Crippen LogP contribution >= 0.6 is 24.0 Å². The number of hydrogen-bond donors (Lipinski definition) is 2. The van der Waals surface area contributed by atoms with Crippen molar-refractivity contribution in [1.82, 2.24) is 10.6 Å². The van der Waals surface area contributed by atoms with Gasteiger partial charge in [-0.3, -0.25) is 4.99 Å². The van der Waals surface area contributed by atoms with E-state index in [9.17, 15) is 0 Å². The van der Waals surface area contributed by atoms with Crippen LogP contribution in [0, 0.1) is 6.92 Å². The Bertz CT molecular complexity index is 769. The van der Waals surface area contributed by atoms with Crippen LogP contribution in [-0.2, 0) is 6.54 Å². The van der Waals surface area contributed by atoms with Crippen LogP contribution in [0.3, 0.4) is 0 Å². The highest BCUT2D eigenvalue weighted by Gasteiger charge is 2.13. The van der Waals surface area contributed by atoms with E-state index < -0.39 is 0 Å². The molecule has 0 saturated heterocycles. The third-order valence-corrected chi connectivity index (χ3v) is 4.63. The molecule has 7 heteroatoms. The molecule has 0 radical (unpaired) electrons. The smallest absolute Gasteiger partial charge is 0.203 e. The minimum absolute atomic E-state index is 0. The van der Waals surface area contributed by atoms with Gasteiger partial charge in [0.25, 0.3) is 0 Å². The second kappa shape index (κ2) is 12.4. The first kappa shape index (κ1) is 24.9. The van der Waals surface area contributed by atoms with Gasteiger partial charge in [0.15, 0.2) is 17.5 Å². The molecule has 2 rings (SSSR count). The Labute approximate surface area is 191 Å². The molecule has 0 bridgehead atoms. The van der Waals surface area contributed by atoms with Crippen molar-refractivity contribution >= 4 is 29.9 Å². The predicted octanol–water partition coefficient (Wildman–Crippen LogP) is 4.11. The van der Waals surface area contributed by atoms with Gasteiger partial charge in [0.05, 0.1) is 21.3 Å². The molecule has 1 unspecified atom stereocenters. The summed E-state index contributed by atoms with van der Waals surface area (Å²) in [6.45, 7) is 5.67. The molecular weight excluding hydrogens is 481 g/mol. The van der Waals surface area contributed by atoms with Gasteiger partial charge < -0.3 is 24.8 Å². The number of rotatable bonds is 8. The average Bonchev–Trinajstić information content (AvgIpc) is 2.73. The highest BCUT2D eigenvalue weighted by Crippen LogP contribution is 2.38. The van der Waals surface area contributed by atoms with Crippen molar-refractivity contribution < 1.29 is 14.2 Å². The largest absolute Gasteiger partial charge is 0.493 e. The summed E-state index contributed by atoms with van der Waals surface area (Å²) in [5.74, 6) is 2.97. The number of benzene rings is 2. The van der Waals surface area contributed by atoms with Crippen LogP contribution in [0.1, 0.15) is 29.5 Å². The summed E-state index contributed by atoms with van der Waals surface area (Å²) in [6, 6.07) is 12.5. The zero-order valence-electron chi connectivity index (χ0n) is 18.0. The van der Waals surface area contributed by atoms with Crippen molar-refractivity contribution in [2.75, 3.05) is 34.9 Å². The Kier molecular flexibility index (Phi) is 10.6. The zero-order chi connectivity index (χ0) is 20.5. The van der Waals surface area contributed by atoms with Crippen molar-refractivity contribution in [3.63, 3.8) is 0 Å². The molecule has 0 heterocycles. The Morgan fingerprint density at radius 3 is 2.03 bits per heavy atom. The van der Waals surface area contributed by atoms with Crippen LogP contribution in [-0.4, -0.2) is 40.9 Å². The molecule has 0 amide bonds. The number of aliphatic imine (C=N–C) groups is 1. The molecule has 0 fully saturated rings. The molecule has 6 nitrogen and oxygen atoms in total. The maximum Gasteiger partial charge on any atom is 0.203 e. The van der Waals surface area contributed by atoms with E-state index in [2.05, 4.69) is 53.7 Å². The van der Waals surface area contributed by atoms with Crippen molar-refractivity contribution in [1.29, 1.82) is 0 Å². The van der Waals surface area contributed by atoms with Crippen LogP contribution in [0.15, 0.2) is 41.4 Å². The summed E-state index contributed by atoms with van der Waals surface area (Å²) >= 11 is 0. The summed E-state index contributed by atoms with van der Waals surface area (Å²) in [5, 5.41) is 6.71. The molecule has 2 aromatic carbocycles. The second-order valence-electron chi connectivity index (χ2n) is 6.65. The number of aryl methyl sites for hydroxylation is 1. The number of methoxy groups -OCH3 is 3. The van der Waals surface area contributed by atoms with E-state index in [4.69, 9.17) is 14.2 Å². The van der Waals surface area contributed by atoms with Gasteiger partial charge in [-0.05, 0) is 36.1 Å². The molecule has 2 aromatic rings. The van der Waals surface area contributed by atoms with E-state index >= 15 is 0 Å². The van der Waals surface area contributed by atoms with Crippen molar-refractivity contribution in [2.45, 2.75) is 26.3 Å². The summed E-state index contributed by atoms with van der Waals surface area (Å²) in [4.78, 5) is 4.31. The fourth-order valence-corrected chi connectivity index (χ4v) is 2.91. The van der Waals surface area contributed by atoms with Crippen molar-refractivity contribution in [3.8, 4) is 17.2 Å². The van der Waals surface area contributed by atoms with Crippen LogP contribution < -0.4 is 24.8 Å². The normalized spacial score (nSPS) is 11.9. The number of halogens is 1. The fraction of sp³-hybridized carbons (Fsp3) is 0.409. The first-order chi connectivity index (χ1) is 13.5. The highest BCUT2D eigenvalue weighted by molar-refractivity contribution is 14.0. The van der Waals surface area contributed by atoms with Gasteiger partial charge in [0.1, 0.15) is 0 Å². The Morgan fingerprint density at radius 1 is 0.966 bits per heavy atom. The molecule has 0 aliphatic carbocycles. The third-order valence-electron chi connectivity index (χ3n) is 4.63. The summed E-state index contributed by atoms with van der Waals surface area (Å²) < 4.78 is 16.2. The minimum Gasteiger partial charge on any atom is -0.493 e. The summed E-state index contributed by atoms with van der Waals surface area (Å²) in [7, 11) is 6.59. The molecule has 1 atom stereocenters. The molecule has 0 aromatic heterocycles. The first-order valence-electron chi connectivity index (χ1n) is 9.32. The molecule has 2 N–H and O–H groups in total. The van der Waals surface area contributed by atoms with Gasteiger partial charge in [-0.1, -0.05) is 36.8 Å². The lowest BCUT2D eigenvalue weighted by Gasteiger charge is -2.18. The summed E-state index contributed by atoms with van der Waals surface area (Å²) in [5.41, 5.74) is 3.58. The molecule has 160 valence electrons. The maximum atomic E-state index is 5.41. The topological polar surface area (TPSA) is 64.1 Å². The number of hydrogen-bond acceptors (Lipinski definition) is 4. The maximum absolute atomic E-state index is 5.41. The Balaban J connectivity index is 0.00000420. The lowest BCUT2D eigenvalue weighted by Crippen LogP contribution is -2.38. The van der Waals surface area contributed by atoms with Gasteiger partial charge >= 0.3 is 0 Å². The molecule has 0 aliphatic heterocycles. The van der Waals surface area contributed by atoms with Gasteiger partial charge in [-0.2, -0.15) is 0 Å². The number of nitrogens with zero attached hydrogens (tertiary/aromatic N) is 1. The number of guanidine groups is 1. The van der Waals surface area contributed by atoms with E-state index in [1.54, 1.807) is 28.4 Å². The van der Waals surface area contributed by atoms with Crippen LogP contribution in [0.4, 0.5) is 0 Å². The summed E-state index contributed by atoms with van der Waals surface area (Å²) in [6.07, 6.45) is 0. The van der Waals surface area contributed by atoms with Gasteiger partial charge in [0, 0.05) is 20.1 Å². The van der Waals surface area contributed by atoms with Crippen LogP contribution in [0.5, 0.6) is 17.2 Å². The molecule has 0 spiro atoms. The van der Waals surface area contributed by atoms with Gasteiger partial charge in [-0.15, -0.1) is 24.0 Å². The van der Waals surface area contributed by atoms with Gasteiger partial charge in [-0.25, -0.2) is 0 Å². The van der Waals surface area contributed by atoms with Gasteiger partial charge in [0.2, 0.25) is 5.75 Å². The number of nitrogens with one attached hydrogen (secondary N) is 2. The average molecular weight is 513 g/mol. The molecule has 0 saturated carbocycles. The van der Waals surface area contributed by atoms with E-state index in [0.717, 1.165) is 18.1 Å². The highest BCUT2D eigenvalue weighted by atomic mass is 127. The third kappa shape index (κ3) is 6.99. The van der Waals surface area contributed by atoms with E-state index in [-0.39, 0.29) is 24.0 Å². The molecule has 0 aliphatic rings. The Morgan fingerprint density at radius 2 is 1.55 bits per heavy atom. The Hall–Kier alpha value is -2.16. The van der Waals surface area contributed by atoms with Crippen molar-refractivity contribution in [3.05, 3.63) is 53.1 Å². The first-order valence-corrected chi connectivity index (χ1v) is 9.32. The van der Waals surface area contributed by atoms with Crippen LogP contribution in [0.2, 0.25) is 0 Å². The predicted molar refractivity (Wildman–Crippen MR) is 129 cm³/mol. The SMILES string of the molecule is CN=C(NCc1cc(OC)c(OC)c(OC)c1)NCC(C)c1ccc(C)cc1.I. The standard InChI is InChI=1S/C22H31N3O3.HI/c1-15-7-9-18(10-8-15)16(2)13-24-22(23-3)25-14-17-11-19(26-4)21(28-6)20(12-17)27-5;/h7-12,16H,13-14H2,1-6H3,(H2,23,24,25);1H. The second-order valence-corrected chi connectivity index (χ2v) is 6.65. The lowest BCUT2D eigenvalue weighted by molar-refractivity contribution is 0.323. The minimum atomic E-state index is 0. The van der Waals surface area contributed by atoms with E-state index in [1.165, 1.54) is 11.1 Å². The molecule has 29 heavy (non-hydrogen) atoms. The van der Waals surface area contributed by atoms with E-state index in [1.807, 2.05) is 12.1 Å². The van der Waals surface area contributed by atoms with E-state index in [0.29, 0.717) is 29.7 Å². The molecular formula is C22H32IN3O3. The monoisotopic (exact) mass is 513 g/mol. The quantitative estimate of drug-likeness (QED) is 0.316. The fourth-order valence-electron chi connectivity index (χ4n) is 2.91. The lowest BCUT2D eigenvalue weighted by atomic mass is 10.0. The van der Waals surface area contributed by atoms with Crippen molar-refractivity contribution in [2.24, 2.45) is 4.99 Å². The number of ether oxygens (including phenoxy) is 3.